The number of carbonyl (C=O) groups is 2. The zero-order valence-electron chi connectivity index (χ0n) is 26.6. The van der Waals surface area contributed by atoms with E-state index in [-0.39, 0.29) is 29.8 Å². The summed E-state index contributed by atoms with van der Waals surface area (Å²) in [6, 6.07) is 28.8. The van der Waals surface area contributed by atoms with Crippen LogP contribution in [0.1, 0.15) is 42.4 Å². The van der Waals surface area contributed by atoms with Crippen LogP contribution in [0.5, 0.6) is 5.75 Å². The normalized spacial score (nSPS) is 13.9. The molecule has 4 aromatic rings. The summed E-state index contributed by atoms with van der Waals surface area (Å²) in [6.45, 7) is 1.46. The van der Waals surface area contributed by atoms with Crippen LogP contribution < -0.4 is 14.4 Å². The fraction of sp³-hybridized carbons (Fsp3) is 0.297. The minimum absolute atomic E-state index is 0.00994. The first kappa shape index (κ1) is 34.0. The average Bonchev–Trinajstić information content (AvgIpc) is 3.60. The van der Waals surface area contributed by atoms with Crippen LogP contribution in [0.2, 0.25) is 5.02 Å². The standard InChI is InChI=1S/C37H40ClN3O5S/c1-27-12-18-32(19-13-27)41(47(44,45)34-22-20-33(46-2)21-23-34)26-36(42)40(25-29-14-16-30(38)17-15-29)35(24-28-8-4-3-5-9-28)37(43)39-31-10-6-7-11-31/h3-5,8-9,12-23,31,35H,6-7,10-11,24-26H2,1-2H3,(H,39,43)/t35-/m1/s1. The van der Waals surface area contributed by atoms with Crippen LogP contribution in [0, 0.1) is 6.92 Å². The number of amides is 2. The van der Waals surface area contributed by atoms with Gasteiger partial charge < -0.3 is 15.0 Å². The lowest BCUT2D eigenvalue weighted by Crippen LogP contribution is -2.54. The van der Waals surface area contributed by atoms with Gasteiger partial charge in [0, 0.05) is 24.0 Å². The highest BCUT2D eigenvalue weighted by molar-refractivity contribution is 7.92. The molecule has 5 rings (SSSR count). The Balaban J connectivity index is 1.55. The number of halogens is 1. The van der Waals surface area contributed by atoms with Crippen molar-refractivity contribution in [3.63, 3.8) is 0 Å². The van der Waals surface area contributed by atoms with E-state index in [1.165, 1.54) is 24.1 Å². The Kier molecular flexibility index (Phi) is 11.2. The lowest BCUT2D eigenvalue weighted by Gasteiger charge is -2.34. The van der Waals surface area contributed by atoms with Gasteiger partial charge in [0.05, 0.1) is 17.7 Å². The van der Waals surface area contributed by atoms with E-state index >= 15 is 0 Å². The third-order valence-electron chi connectivity index (χ3n) is 8.49. The number of rotatable bonds is 13. The second-order valence-corrected chi connectivity index (χ2v) is 14.2. The molecule has 1 aliphatic carbocycles. The molecule has 0 aliphatic heterocycles. The average molecular weight is 674 g/mol. The van der Waals surface area contributed by atoms with Crippen LogP contribution in [-0.4, -0.2) is 50.9 Å². The highest BCUT2D eigenvalue weighted by Gasteiger charge is 2.35. The highest BCUT2D eigenvalue weighted by atomic mass is 35.5. The molecule has 4 aromatic carbocycles. The molecule has 2 amide bonds. The van der Waals surface area contributed by atoms with Gasteiger partial charge in [-0.05, 0) is 79.4 Å². The minimum atomic E-state index is -4.21. The van der Waals surface area contributed by atoms with Crippen molar-refractivity contribution in [3.05, 3.63) is 125 Å². The summed E-state index contributed by atoms with van der Waals surface area (Å²) in [5.74, 6) is -0.267. The van der Waals surface area contributed by atoms with Gasteiger partial charge in [-0.1, -0.05) is 84.6 Å². The monoisotopic (exact) mass is 673 g/mol. The third kappa shape index (κ3) is 8.73. The summed E-state index contributed by atoms with van der Waals surface area (Å²) >= 11 is 6.18. The summed E-state index contributed by atoms with van der Waals surface area (Å²) in [5, 5.41) is 3.73. The van der Waals surface area contributed by atoms with Gasteiger partial charge in [-0.15, -0.1) is 0 Å². The zero-order chi connectivity index (χ0) is 33.4. The summed E-state index contributed by atoms with van der Waals surface area (Å²) < 4.78 is 34.8. The molecular formula is C37H40ClN3O5S. The van der Waals surface area contributed by atoms with Crippen molar-refractivity contribution >= 4 is 39.1 Å². The highest BCUT2D eigenvalue weighted by Crippen LogP contribution is 2.27. The Labute approximate surface area is 282 Å². The molecule has 0 radical (unpaired) electrons. The molecule has 0 heterocycles. The lowest BCUT2D eigenvalue weighted by molar-refractivity contribution is -0.140. The molecule has 47 heavy (non-hydrogen) atoms. The number of nitrogens with one attached hydrogen (secondary N) is 1. The number of sulfonamides is 1. The summed E-state index contributed by atoms with van der Waals surface area (Å²) in [5.41, 5.74) is 2.92. The SMILES string of the molecule is COc1ccc(S(=O)(=O)N(CC(=O)N(Cc2ccc(Cl)cc2)[C@H](Cc2ccccc2)C(=O)NC2CCCC2)c2ccc(C)cc2)cc1. The number of benzene rings is 4. The lowest BCUT2D eigenvalue weighted by atomic mass is 10.0. The molecule has 0 unspecified atom stereocenters. The molecule has 0 aromatic heterocycles. The Bertz CT molecular complexity index is 1740. The number of carbonyl (C=O) groups excluding carboxylic acids is 2. The van der Waals surface area contributed by atoms with E-state index in [0.717, 1.165) is 46.7 Å². The maximum absolute atomic E-state index is 14.6. The zero-order valence-corrected chi connectivity index (χ0v) is 28.2. The summed E-state index contributed by atoms with van der Waals surface area (Å²) in [4.78, 5) is 30.2. The molecule has 1 atom stereocenters. The van der Waals surface area contributed by atoms with Crippen molar-refractivity contribution in [1.29, 1.82) is 0 Å². The fourth-order valence-electron chi connectivity index (χ4n) is 5.82. The largest absolute Gasteiger partial charge is 0.497 e. The Morgan fingerprint density at radius 1 is 0.872 bits per heavy atom. The molecule has 10 heteroatoms. The molecule has 0 bridgehead atoms. The van der Waals surface area contributed by atoms with Crippen molar-refractivity contribution in [3.8, 4) is 5.75 Å². The first-order valence-corrected chi connectivity index (χ1v) is 17.6. The second-order valence-electron chi connectivity index (χ2n) is 11.9. The first-order valence-electron chi connectivity index (χ1n) is 15.8. The van der Waals surface area contributed by atoms with E-state index in [2.05, 4.69) is 5.32 Å². The number of hydrogen-bond acceptors (Lipinski definition) is 5. The van der Waals surface area contributed by atoms with Gasteiger partial charge >= 0.3 is 0 Å². The maximum Gasteiger partial charge on any atom is 0.264 e. The van der Waals surface area contributed by atoms with Gasteiger partial charge in [-0.2, -0.15) is 0 Å². The number of hydrogen-bond donors (Lipinski definition) is 1. The van der Waals surface area contributed by atoms with Crippen molar-refractivity contribution in [2.45, 2.75) is 62.6 Å². The van der Waals surface area contributed by atoms with E-state index in [4.69, 9.17) is 16.3 Å². The molecule has 0 spiro atoms. The molecule has 0 saturated heterocycles. The topological polar surface area (TPSA) is 96.0 Å². The minimum Gasteiger partial charge on any atom is -0.497 e. The Hall–Kier alpha value is -4.34. The molecule has 246 valence electrons. The number of ether oxygens (including phenoxy) is 1. The quantitative estimate of drug-likeness (QED) is 0.174. The first-order chi connectivity index (χ1) is 22.6. The smallest absolute Gasteiger partial charge is 0.264 e. The van der Waals surface area contributed by atoms with Crippen molar-refractivity contribution in [2.24, 2.45) is 0 Å². The molecule has 1 fully saturated rings. The molecule has 1 N–H and O–H groups in total. The maximum atomic E-state index is 14.6. The fourth-order valence-corrected chi connectivity index (χ4v) is 7.36. The molecular weight excluding hydrogens is 634 g/mol. The predicted molar refractivity (Wildman–Crippen MR) is 185 cm³/mol. The van der Waals surface area contributed by atoms with E-state index in [1.807, 2.05) is 49.4 Å². The summed E-state index contributed by atoms with van der Waals surface area (Å²) in [7, 11) is -2.71. The Morgan fingerprint density at radius 3 is 2.13 bits per heavy atom. The van der Waals surface area contributed by atoms with Crippen LogP contribution in [0.4, 0.5) is 5.69 Å². The van der Waals surface area contributed by atoms with E-state index in [9.17, 15) is 18.0 Å². The second kappa shape index (κ2) is 15.5. The number of nitrogens with zero attached hydrogens (tertiary/aromatic N) is 2. The summed E-state index contributed by atoms with van der Waals surface area (Å²) in [6.07, 6.45) is 4.11. The molecule has 1 aliphatic rings. The van der Waals surface area contributed by atoms with Crippen LogP contribution in [-0.2, 0) is 32.6 Å². The number of anilines is 1. The van der Waals surface area contributed by atoms with Crippen molar-refractivity contribution < 1.29 is 22.7 Å². The predicted octanol–water partition coefficient (Wildman–Crippen LogP) is 6.55. The number of methoxy groups -OCH3 is 1. The van der Waals surface area contributed by atoms with Crippen LogP contribution in [0.3, 0.4) is 0 Å². The van der Waals surface area contributed by atoms with Crippen molar-refractivity contribution in [1.82, 2.24) is 10.2 Å². The molecule has 8 nitrogen and oxygen atoms in total. The third-order valence-corrected chi connectivity index (χ3v) is 10.5. The van der Waals surface area contributed by atoms with E-state index in [0.29, 0.717) is 16.5 Å². The van der Waals surface area contributed by atoms with Crippen LogP contribution in [0.25, 0.3) is 0 Å². The van der Waals surface area contributed by atoms with E-state index in [1.54, 1.807) is 48.5 Å². The van der Waals surface area contributed by atoms with Gasteiger partial charge in [0.2, 0.25) is 11.8 Å². The van der Waals surface area contributed by atoms with Gasteiger partial charge in [0.25, 0.3) is 10.0 Å². The Morgan fingerprint density at radius 2 is 1.51 bits per heavy atom. The van der Waals surface area contributed by atoms with Gasteiger partial charge in [-0.3, -0.25) is 13.9 Å². The van der Waals surface area contributed by atoms with Gasteiger partial charge in [-0.25, -0.2) is 8.42 Å². The van der Waals surface area contributed by atoms with Gasteiger partial charge in [0.15, 0.2) is 0 Å². The van der Waals surface area contributed by atoms with Crippen LogP contribution in [0.15, 0.2) is 108 Å². The van der Waals surface area contributed by atoms with Crippen LogP contribution >= 0.6 is 11.6 Å². The molecule has 1 saturated carbocycles. The van der Waals surface area contributed by atoms with E-state index < -0.39 is 28.5 Å². The van der Waals surface area contributed by atoms with Gasteiger partial charge in [0.1, 0.15) is 18.3 Å². The number of aryl methyl sites for hydroxylation is 1. The van der Waals surface area contributed by atoms with Crippen molar-refractivity contribution in [2.75, 3.05) is 18.0 Å².